The number of anilines is 1. The molecule has 4 nitrogen and oxygen atoms in total. The van der Waals surface area contributed by atoms with E-state index in [1.807, 2.05) is 0 Å². The van der Waals surface area contributed by atoms with Crippen molar-refractivity contribution < 1.29 is 22.6 Å². The van der Waals surface area contributed by atoms with Crippen LogP contribution in [0.2, 0.25) is 0 Å². The summed E-state index contributed by atoms with van der Waals surface area (Å²) in [7, 11) is 0. The Bertz CT molecular complexity index is 588. The molecular weight excluding hydrogens is 273 g/mol. The topological polar surface area (TPSA) is 57.4 Å². The lowest BCUT2D eigenvalue weighted by atomic mass is 10.2. The zero-order chi connectivity index (χ0) is 14.6. The monoisotopic (exact) mass is 284 g/mol. The van der Waals surface area contributed by atoms with E-state index in [-0.39, 0.29) is 18.2 Å². The van der Waals surface area contributed by atoms with Crippen molar-refractivity contribution in [3.05, 3.63) is 48.2 Å². The molecule has 0 aliphatic heterocycles. The maximum Gasteiger partial charge on any atom is 0.573 e. The predicted octanol–water partition coefficient (Wildman–Crippen LogP) is 3.14. The van der Waals surface area contributed by atoms with Crippen molar-refractivity contribution in [2.75, 3.05) is 5.73 Å². The molecule has 1 heterocycles. The van der Waals surface area contributed by atoms with E-state index in [4.69, 9.17) is 10.5 Å². The summed E-state index contributed by atoms with van der Waals surface area (Å²) >= 11 is 0. The van der Waals surface area contributed by atoms with Gasteiger partial charge in [-0.1, -0.05) is 12.1 Å². The van der Waals surface area contributed by atoms with Gasteiger partial charge in [0, 0.05) is 6.20 Å². The van der Waals surface area contributed by atoms with Gasteiger partial charge < -0.3 is 15.2 Å². The molecule has 0 bridgehead atoms. The van der Waals surface area contributed by atoms with Gasteiger partial charge in [0.05, 0.1) is 0 Å². The second kappa shape index (κ2) is 5.68. The Morgan fingerprint density at radius 2 is 1.95 bits per heavy atom. The molecule has 1 aromatic carbocycles. The van der Waals surface area contributed by atoms with Gasteiger partial charge in [-0.15, -0.1) is 13.2 Å². The summed E-state index contributed by atoms with van der Waals surface area (Å²) in [6.07, 6.45) is -3.20. The maximum absolute atomic E-state index is 12.1. The summed E-state index contributed by atoms with van der Waals surface area (Å²) in [5.41, 5.74) is 6.11. The van der Waals surface area contributed by atoms with Gasteiger partial charge in [-0.05, 0) is 29.8 Å². The number of nitrogens with zero attached hydrogens (tertiary/aromatic N) is 1. The number of nitrogens with two attached hydrogens (primary N) is 1. The summed E-state index contributed by atoms with van der Waals surface area (Å²) in [4.78, 5) is 3.84. The Morgan fingerprint density at radius 1 is 1.15 bits per heavy atom. The fourth-order valence-corrected chi connectivity index (χ4v) is 1.52. The Hall–Kier alpha value is -2.44. The van der Waals surface area contributed by atoms with E-state index >= 15 is 0 Å². The lowest BCUT2D eigenvalue weighted by Crippen LogP contribution is -2.17. The molecule has 0 radical (unpaired) electrons. The molecule has 20 heavy (non-hydrogen) atoms. The molecule has 0 aliphatic carbocycles. The lowest BCUT2D eigenvalue weighted by Gasteiger charge is -2.11. The largest absolute Gasteiger partial charge is 0.573 e. The van der Waals surface area contributed by atoms with Gasteiger partial charge in [0.25, 0.3) is 0 Å². The third kappa shape index (κ3) is 4.04. The third-order valence-electron chi connectivity index (χ3n) is 2.33. The van der Waals surface area contributed by atoms with Crippen LogP contribution < -0.4 is 15.2 Å². The first-order chi connectivity index (χ1) is 9.44. The highest BCUT2D eigenvalue weighted by Crippen LogP contribution is 2.24. The summed E-state index contributed by atoms with van der Waals surface area (Å²) in [6, 6.07) is 8.81. The van der Waals surface area contributed by atoms with Gasteiger partial charge >= 0.3 is 6.36 Å². The number of rotatable bonds is 4. The van der Waals surface area contributed by atoms with Crippen LogP contribution in [0.15, 0.2) is 42.6 Å². The highest BCUT2D eigenvalue weighted by molar-refractivity contribution is 5.44. The van der Waals surface area contributed by atoms with E-state index in [9.17, 15) is 13.2 Å². The van der Waals surface area contributed by atoms with Gasteiger partial charge in [-0.3, -0.25) is 0 Å². The molecule has 0 spiro atoms. The Kier molecular flexibility index (Phi) is 3.97. The average Bonchev–Trinajstić information content (AvgIpc) is 2.36. The summed E-state index contributed by atoms with van der Waals surface area (Å²) in [5.74, 6) is 0.294. The van der Waals surface area contributed by atoms with E-state index in [1.54, 1.807) is 18.2 Å². The van der Waals surface area contributed by atoms with Crippen molar-refractivity contribution in [2.24, 2.45) is 0 Å². The first kappa shape index (κ1) is 14.0. The standard InChI is InChI=1S/C13H11F3N2O2/c14-13(15,16)20-10-4-1-3-9(7-10)8-19-11-5-2-6-18-12(11)17/h1-7H,8H2,(H2,17,18). The van der Waals surface area contributed by atoms with Crippen molar-refractivity contribution in [2.45, 2.75) is 13.0 Å². The van der Waals surface area contributed by atoms with Crippen LogP contribution in [0.4, 0.5) is 19.0 Å². The highest BCUT2D eigenvalue weighted by atomic mass is 19.4. The normalized spacial score (nSPS) is 11.2. The lowest BCUT2D eigenvalue weighted by molar-refractivity contribution is -0.274. The van der Waals surface area contributed by atoms with Crippen molar-refractivity contribution in [3.8, 4) is 11.5 Å². The van der Waals surface area contributed by atoms with Crippen molar-refractivity contribution in [1.82, 2.24) is 4.98 Å². The van der Waals surface area contributed by atoms with Crippen LogP contribution in [0.3, 0.4) is 0 Å². The van der Waals surface area contributed by atoms with Gasteiger partial charge in [-0.2, -0.15) is 0 Å². The zero-order valence-electron chi connectivity index (χ0n) is 10.2. The summed E-state index contributed by atoms with van der Waals surface area (Å²) in [5, 5.41) is 0. The number of hydrogen-bond acceptors (Lipinski definition) is 4. The van der Waals surface area contributed by atoms with Crippen molar-refractivity contribution in [3.63, 3.8) is 0 Å². The highest BCUT2D eigenvalue weighted by Gasteiger charge is 2.31. The Labute approximate surface area is 113 Å². The zero-order valence-corrected chi connectivity index (χ0v) is 10.2. The number of ether oxygens (including phenoxy) is 2. The maximum atomic E-state index is 12.1. The van der Waals surface area contributed by atoms with Crippen LogP contribution in [0.1, 0.15) is 5.56 Å². The average molecular weight is 284 g/mol. The number of benzene rings is 1. The Balaban J connectivity index is 2.03. The van der Waals surface area contributed by atoms with Crippen LogP contribution in [0, 0.1) is 0 Å². The van der Waals surface area contributed by atoms with E-state index in [2.05, 4.69) is 9.72 Å². The SMILES string of the molecule is Nc1ncccc1OCc1cccc(OC(F)(F)F)c1. The molecule has 0 atom stereocenters. The van der Waals surface area contributed by atoms with Gasteiger partial charge in [0.1, 0.15) is 12.4 Å². The number of aromatic nitrogens is 1. The summed E-state index contributed by atoms with van der Waals surface area (Å²) in [6.45, 7) is 0.0605. The van der Waals surface area contributed by atoms with E-state index in [1.165, 1.54) is 24.4 Å². The molecule has 0 amide bonds. The first-order valence-corrected chi connectivity index (χ1v) is 5.62. The van der Waals surface area contributed by atoms with Gasteiger partial charge in [0.2, 0.25) is 0 Å². The minimum atomic E-state index is -4.72. The Morgan fingerprint density at radius 3 is 2.65 bits per heavy atom. The molecule has 0 saturated heterocycles. The molecule has 0 unspecified atom stereocenters. The molecule has 0 fully saturated rings. The fourth-order valence-electron chi connectivity index (χ4n) is 1.52. The van der Waals surface area contributed by atoms with E-state index in [0.717, 1.165) is 0 Å². The fraction of sp³-hybridized carbons (Fsp3) is 0.154. The second-order valence-electron chi connectivity index (χ2n) is 3.87. The van der Waals surface area contributed by atoms with Crippen molar-refractivity contribution in [1.29, 1.82) is 0 Å². The van der Waals surface area contributed by atoms with Crippen LogP contribution in [-0.4, -0.2) is 11.3 Å². The van der Waals surface area contributed by atoms with Crippen LogP contribution >= 0.6 is 0 Å². The molecule has 2 N–H and O–H groups in total. The number of nitrogen functional groups attached to an aromatic ring is 1. The molecular formula is C13H11F3N2O2. The number of hydrogen-bond donors (Lipinski definition) is 1. The quantitative estimate of drug-likeness (QED) is 0.937. The van der Waals surface area contributed by atoms with Gasteiger partial charge in [-0.25, -0.2) is 4.98 Å². The van der Waals surface area contributed by atoms with Crippen LogP contribution in [0.25, 0.3) is 0 Å². The number of pyridine rings is 1. The smallest absolute Gasteiger partial charge is 0.485 e. The van der Waals surface area contributed by atoms with Crippen LogP contribution in [0.5, 0.6) is 11.5 Å². The molecule has 0 saturated carbocycles. The van der Waals surface area contributed by atoms with Crippen molar-refractivity contribution >= 4 is 5.82 Å². The molecule has 1 aromatic heterocycles. The van der Waals surface area contributed by atoms with E-state index < -0.39 is 6.36 Å². The minimum absolute atomic E-state index is 0.0605. The first-order valence-electron chi connectivity index (χ1n) is 5.62. The molecule has 7 heteroatoms. The molecule has 2 aromatic rings. The second-order valence-corrected chi connectivity index (χ2v) is 3.87. The number of halogens is 3. The van der Waals surface area contributed by atoms with Gasteiger partial charge in [0.15, 0.2) is 11.6 Å². The minimum Gasteiger partial charge on any atom is -0.485 e. The summed E-state index contributed by atoms with van der Waals surface area (Å²) < 4.78 is 45.5. The molecule has 2 rings (SSSR count). The predicted molar refractivity (Wildman–Crippen MR) is 66.1 cm³/mol. The molecule has 0 aliphatic rings. The number of alkyl halides is 3. The van der Waals surface area contributed by atoms with E-state index in [0.29, 0.717) is 11.3 Å². The third-order valence-corrected chi connectivity index (χ3v) is 2.33. The molecule has 106 valence electrons. The van der Waals surface area contributed by atoms with Crippen LogP contribution in [-0.2, 0) is 6.61 Å².